The molecule has 3 heterocycles. The van der Waals surface area contributed by atoms with Gasteiger partial charge in [-0.05, 0) is 29.7 Å². The van der Waals surface area contributed by atoms with E-state index in [-0.39, 0.29) is 0 Å². The summed E-state index contributed by atoms with van der Waals surface area (Å²) in [5.41, 5.74) is 1.21. The molecule has 1 saturated heterocycles. The molecular formula is C20H22N2O8S. The third-order valence-electron chi connectivity index (χ3n) is 5.53. The van der Waals surface area contributed by atoms with Crippen molar-refractivity contribution in [3.05, 3.63) is 56.2 Å². The van der Waals surface area contributed by atoms with Gasteiger partial charge in [0.05, 0.1) is 12.1 Å². The second-order valence-corrected chi connectivity index (χ2v) is 8.62. The van der Waals surface area contributed by atoms with E-state index in [1.807, 2.05) is 0 Å². The van der Waals surface area contributed by atoms with Gasteiger partial charge < -0.3 is 35.3 Å². The predicted molar refractivity (Wildman–Crippen MR) is 112 cm³/mol. The standard InChI is InChI=1S/C20H22N2O8S/c1-7-4-8(12-5-10-18(31-12)19(28)22-20(29)21-10)2-3-9(7)13(24)17-16(27)15(26)14(25)11(6-23)30-17/h2-5,11,13-17,23-27H,6H2,1H3,(H2,21,22,28,29)/t11-,13-,14-,15+,16+,17-/m1/s1. The first-order chi connectivity index (χ1) is 14.7. The van der Waals surface area contributed by atoms with Crippen molar-refractivity contribution in [2.45, 2.75) is 43.5 Å². The molecule has 166 valence electrons. The molecule has 1 fully saturated rings. The molecule has 6 atom stereocenters. The number of fused-ring (bicyclic) bond motifs is 1. The van der Waals surface area contributed by atoms with Crippen LogP contribution < -0.4 is 11.2 Å². The first-order valence-electron chi connectivity index (χ1n) is 9.57. The number of aromatic nitrogens is 2. The van der Waals surface area contributed by atoms with Crippen LogP contribution in [0.4, 0.5) is 0 Å². The van der Waals surface area contributed by atoms with Crippen molar-refractivity contribution >= 4 is 21.6 Å². The molecule has 1 aliphatic rings. The highest BCUT2D eigenvalue weighted by Crippen LogP contribution is 2.35. The molecule has 0 saturated carbocycles. The number of aryl methyl sites for hydroxylation is 1. The first kappa shape index (κ1) is 21.8. The average molecular weight is 450 g/mol. The maximum atomic E-state index is 12.0. The molecular weight excluding hydrogens is 428 g/mol. The fourth-order valence-corrected chi connectivity index (χ4v) is 4.84. The number of hydrogen-bond donors (Lipinski definition) is 7. The summed E-state index contributed by atoms with van der Waals surface area (Å²) in [6, 6.07) is 6.82. The lowest BCUT2D eigenvalue weighted by atomic mass is 9.88. The largest absolute Gasteiger partial charge is 0.394 e. The fraction of sp³-hybridized carbons (Fsp3) is 0.400. The summed E-state index contributed by atoms with van der Waals surface area (Å²) in [5.74, 6) is 0. The Bertz CT molecular complexity index is 1220. The molecule has 0 radical (unpaired) electrons. The molecule has 31 heavy (non-hydrogen) atoms. The second kappa shape index (κ2) is 8.28. The van der Waals surface area contributed by atoms with Gasteiger partial charge in [-0.15, -0.1) is 11.3 Å². The van der Waals surface area contributed by atoms with Crippen molar-refractivity contribution in [1.82, 2.24) is 9.97 Å². The number of aromatic amines is 2. The minimum Gasteiger partial charge on any atom is -0.394 e. The molecule has 10 nitrogen and oxygen atoms in total. The van der Waals surface area contributed by atoms with Gasteiger partial charge in [0.15, 0.2) is 0 Å². The normalized spacial score (nSPS) is 27.5. The van der Waals surface area contributed by atoms with Gasteiger partial charge in [-0.3, -0.25) is 9.78 Å². The lowest BCUT2D eigenvalue weighted by molar-refractivity contribution is -0.250. The monoisotopic (exact) mass is 450 g/mol. The van der Waals surface area contributed by atoms with Gasteiger partial charge in [0.1, 0.15) is 41.3 Å². The van der Waals surface area contributed by atoms with Crippen LogP contribution >= 0.6 is 11.3 Å². The fourth-order valence-electron chi connectivity index (χ4n) is 3.84. The third kappa shape index (κ3) is 3.85. The van der Waals surface area contributed by atoms with Crippen LogP contribution in [-0.2, 0) is 4.74 Å². The smallest absolute Gasteiger partial charge is 0.326 e. The zero-order valence-corrected chi connectivity index (χ0v) is 17.2. The van der Waals surface area contributed by atoms with E-state index in [0.29, 0.717) is 21.3 Å². The van der Waals surface area contributed by atoms with E-state index in [4.69, 9.17) is 4.74 Å². The zero-order valence-electron chi connectivity index (χ0n) is 16.3. The number of H-pyrrole nitrogens is 2. The summed E-state index contributed by atoms with van der Waals surface area (Å²) >= 11 is 1.21. The van der Waals surface area contributed by atoms with Gasteiger partial charge in [-0.2, -0.15) is 0 Å². The van der Waals surface area contributed by atoms with Gasteiger partial charge >= 0.3 is 5.69 Å². The summed E-state index contributed by atoms with van der Waals surface area (Å²) in [6.45, 7) is 1.16. The number of rotatable bonds is 4. The van der Waals surface area contributed by atoms with E-state index in [1.54, 1.807) is 31.2 Å². The lowest BCUT2D eigenvalue weighted by Gasteiger charge is -2.42. The van der Waals surface area contributed by atoms with Crippen molar-refractivity contribution in [2.75, 3.05) is 6.61 Å². The van der Waals surface area contributed by atoms with Gasteiger partial charge in [0.25, 0.3) is 5.56 Å². The minimum atomic E-state index is -1.58. The van der Waals surface area contributed by atoms with E-state index < -0.39 is 54.5 Å². The molecule has 0 aliphatic carbocycles. The zero-order chi connectivity index (χ0) is 22.4. The highest BCUT2D eigenvalue weighted by molar-refractivity contribution is 7.22. The number of nitrogens with one attached hydrogen (secondary N) is 2. The molecule has 1 aliphatic heterocycles. The number of benzene rings is 1. The highest BCUT2D eigenvalue weighted by atomic mass is 32.1. The highest BCUT2D eigenvalue weighted by Gasteiger charge is 2.46. The van der Waals surface area contributed by atoms with Crippen LogP contribution in [0.1, 0.15) is 17.2 Å². The van der Waals surface area contributed by atoms with E-state index in [1.165, 1.54) is 11.3 Å². The quantitative estimate of drug-likeness (QED) is 0.268. The number of aliphatic hydroxyl groups excluding tert-OH is 5. The van der Waals surface area contributed by atoms with Crippen LogP contribution in [0, 0.1) is 6.92 Å². The molecule has 0 bridgehead atoms. The van der Waals surface area contributed by atoms with E-state index in [9.17, 15) is 35.1 Å². The summed E-state index contributed by atoms with van der Waals surface area (Å²) in [6.07, 6.45) is -8.34. The molecule has 1 aromatic carbocycles. The van der Waals surface area contributed by atoms with Crippen molar-refractivity contribution in [3.63, 3.8) is 0 Å². The Morgan fingerprint density at radius 3 is 2.52 bits per heavy atom. The first-order valence-corrected chi connectivity index (χ1v) is 10.4. The van der Waals surface area contributed by atoms with Crippen LogP contribution in [0.15, 0.2) is 33.9 Å². The lowest BCUT2D eigenvalue weighted by Crippen LogP contribution is -2.59. The molecule has 0 unspecified atom stereocenters. The Kier molecular flexibility index (Phi) is 5.83. The molecule has 11 heteroatoms. The Hall–Kier alpha value is -2.38. The van der Waals surface area contributed by atoms with Crippen molar-refractivity contribution in [1.29, 1.82) is 0 Å². The van der Waals surface area contributed by atoms with E-state index in [2.05, 4.69) is 9.97 Å². The number of ether oxygens (including phenoxy) is 1. The molecule has 4 rings (SSSR count). The number of thiophene rings is 1. The Morgan fingerprint density at radius 1 is 1.10 bits per heavy atom. The van der Waals surface area contributed by atoms with Crippen LogP contribution in [0.3, 0.4) is 0 Å². The topological polar surface area (TPSA) is 176 Å². The molecule has 3 aromatic rings. The predicted octanol–water partition coefficient (Wildman–Crippen LogP) is -0.871. The van der Waals surface area contributed by atoms with Crippen molar-refractivity contribution < 1.29 is 30.3 Å². The average Bonchev–Trinajstić information content (AvgIpc) is 3.16. The van der Waals surface area contributed by atoms with E-state index in [0.717, 1.165) is 10.4 Å². The maximum Gasteiger partial charge on any atom is 0.326 e. The SMILES string of the molecule is Cc1cc(-c2cc3[nH]c(=O)[nH]c(=O)c3s2)ccc1[C@@H](O)[C@H]1O[C@H](CO)[C@@H](O)[C@H](O)[C@@H]1O. The summed E-state index contributed by atoms with van der Waals surface area (Å²) in [5, 5.41) is 50.3. The van der Waals surface area contributed by atoms with Gasteiger partial charge in [-0.1, -0.05) is 18.2 Å². The van der Waals surface area contributed by atoms with E-state index >= 15 is 0 Å². The van der Waals surface area contributed by atoms with Gasteiger partial charge in [0, 0.05) is 4.88 Å². The molecule has 2 aromatic heterocycles. The molecule has 7 N–H and O–H groups in total. The second-order valence-electron chi connectivity index (χ2n) is 7.57. The van der Waals surface area contributed by atoms with Crippen LogP contribution in [0.2, 0.25) is 0 Å². The molecule has 0 amide bonds. The van der Waals surface area contributed by atoms with Gasteiger partial charge in [0.2, 0.25) is 0 Å². The number of hydrogen-bond acceptors (Lipinski definition) is 9. The summed E-state index contributed by atoms with van der Waals surface area (Å²) < 4.78 is 5.84. The van der Waals surface area contributed by atoms with Crippen molar-refractivity contribution in [3.8, 4) is 10.4 Å². The van der Waals surface area contributed by atoms with Crippen molar-refractivity contribution in [2.24, 2.45) is 0 Å². The Balaban J connectivity index is 1.65. The Morgan fingerprint density at radius 2 is 1.84 bits per heavy atom. The van der Waals surface area contributed by atoms with Crippen LogP contribution in [0.5, 0.6) is 0 Å². The van der Waals surface area contributed by atoms with Crippen LogP contribution in [-0.4, -0.2) is 72.6 Å². The third-order valence-corrected chi connectivity index (χ3v) is 6.71. The Labute approximate surface area is 179 Å². The molecule has 0 spiro atoms. The number of aliphatic hydroxyl groups is 5. The minimum absolute atomic E-state index is 0.387. The maximum absolute atomic E-state index is 12.0. The summed E-state index contributed by atoms with van der Waals surface area (Å²) in [7, 11) is 0. The summed E-state index contributed by atoms with van der Waals surface area (Å²) in [4.78, 5) is 28.9. The van der Waals surface area contributed by atoms with Gasteiger partial charge in [-0.25, -0.2) is 4.79 Å². The van der Waals surface area contributed by atoms with Crippen LogP contribution in [0.25, 0.3) is 20.7 Å².